The lowest BCUT2D eigenvalue weighted by atomic mass is 15.9. The van der Waals surface area contributed by atoms with Crippen molar-refractivity contribution >= 4 is 23.6 Å². The van der Waals surface area contributed by atoms with Gasteiger partial charge in [-0.25, -0.2) is 8.42 Å². The highest BCUT2D eigenvalue weighted by Crippen LogP contribution is 1.57. The van der Waals surface area contributed by atoms with Gasteiger partial charge in [-0.05, 0) is 0 Å². The minimum absolute atomic E-state index is 0.164. The quantitative estimate of drug-likeness (QED) is 0.302. The molecule has 5 heavy (non-hydrogen) atoms. The van der Waals surface area contributed by atoms with Crippen molar-refractivity contribution in [2.24, 2.45) is 0 Å². The summed E-state index contributed by atoms with van der Waals surface area (Å²) in [6.07, 6.45) is 0. The van der Waals surface area contributed by atoms with Crippen LogP contribution in [0, 0.1) is 0 Å². The monoisotopic (exact) mass is 110 g/mol. The molecule has 0 amide bonds. The smallest absolute Gasteiger partial charge is 0.304 e. The second-order valence-corrected chi connectivity index (χ2v) is 5.29. The second-order valence-electron chi connectivity index (χ2n) is 0.733. The Balaban J connectivity index is 4.06. The van der Waals surface area contributed by atoms with E-state index in [4.69, 9.17) is 4.55 Å². The van der Waals surface area contributed by atoms with Gasteiger partial charge in [-0.15, -0.1) is 0 Å². The molecule has 0 bridgehead atoms. The third-order valence-corrected chi connectivity index (χ3v) is 0. The van der Waals surface area contributed by atoms with Gasteiger partial charge in [-0.3, -0.25) is 0 Å². The molecule has 3 nitrogen and oxygen atoms in total. The Hall–Kier alpha value is 0.442. The van der Waals surface area contributed by atoms with Crippen molar-refractivity contribution in [2.75, 3.05) is 0 Å². The number of hydrogen-bond donors (Lipinski definition) is 1. The van der Waals surface area contributed by atoms with Crippen molar-refractivity contribution in [2.45, 2.75) is 0 Å². The van der Waals surface area contributed by atoms with Crippen LogP contribution in [0.15, 0.2) is 0 Å². The minimum atomic E-state index is -3.53. The van der Waals surface area contributed by atoms with Crippen LogP contribution in [0.3, 0.4) is 0 Å². The highest BCUT2D eigenvalue weighted by molar-refractivity contribution is 8.07. The van der Waals surface area contributed by atoms with E-state index in [1.165, 1.54) is 0 Å². The zero-order valence-electron chi connectivity index (χ0n) is 2.67. The fourth-order valence-corrected chi connectivity index (χ4v) is 0. The van der Waals surface area contributed by atoms with E-state index in [0.717, 1.165) is 0 Å². The van der Waals surface area contributed by atoms with Crippen LogP contribution in [-0.2, 0) is 8.48 Å². The van der Waals surface area contributed by atoms with Crippen molar-refractivity contribution in [1.29, 1.82) is 0 Å². The van der Waals surface area contributed by atoms with Gasteiger partial charge in [0, 0.05) is 0 Å². The number of hydrogen-bond acceptors (Lipinski definition) is 2. The topological polar surface area (TPSA) is 54.4 Å². The summed E-state index contributed by atoms with van der Waals surface area (Å²) in [6, 6.07) is 0. The summed E-state index contributed by atoms with van der Waals surface area (Å²) in [4.78, 5) is 0. The van der Waals surface area contributed by atoms with Gasteiger partial charge in [0.1, 0.15) is 8.48 Å². The van der Waals surface area contributed by atoms with Gasteiger partial charge in [0.2, 0.25) is 0 Å². The summed E-state index contributed by atoms with van der Waals surface area (Å²) < 4.78 is 26.1. The molecule has 0 heterocycles. The molecule has 0 radical (unpaired) electrons. The van der Waals surface area contributed by atoms with Crippen LogP contribution in [0.2, 0.25) is 0 Å². The van der Waals surface area contributed by atoms with Crippen LogP contribution in [0.25, 0.3) is 0 Å². The molecule has 0 rings (SSSR count). The highest BCUT2D eigenvalue weighted by Gasteiger charge is 1.83. The van der Waals surface area contributed by atoms with E-state index in [2.05, 4.69) is 0 Å². The van der Waals surface area contributed by atoms with Gasteiger partial charge in [-0.2, -0.15) is 0 Å². The third kappa shape index (κ3) is 135. The zero-order valence-corrected chi connectivity index (χ0v) is 5.49. The molecule has 0 aliphatic rings. The molecule has 0 aliphatic heterocycles. The van der Waals surface area contributed by atoms with Crippen LogP contribution in [0.4, 0.5) is 0 Å². The van der Waals surface area contributed by atoms with Gasteiger partial charge in [0.15, 0.2) is 0 Å². The molecule has 0 saturated heterocycles. The first-order valence-electron chi connectivity index (χ1n) is 0.924. The highest BCUT2D eigenvalue weighted by atomic mass is 32.4. The largest absolute Gasteiger partial charge is 0.453 e. The maximum Gasteiger partial charge on any atom is 0.453 e. The molecule has 0 aliphatic carbocycles. The number of rotatable bonds is 0. The lowest BCUT2D eigenvalue weighted by Gasteiger charge is -1.70. The molecule has 0 fully saturated rings. The molecule has 0 aromatic heterocycles. The van der Waals surface area contributed by atoms with Crippen molar-refractivity contribution < 1.29 is 13.0 Å². The van der Waals surface area contributed by atoms with E-state index >= 15 is 0 Å². The van der Waals surface area contributed by atoms with Gasteiger partial charge in [-0.1, -0.05) is 0 Å². The fraction of sp³-hybridized carbons (Fsp3) is 0. The fourth-order valence-electron chi connectivity index (χ4n) is 0. The molecule has 0 aromatic carbocycles. The minimum Gasteiger partial charge on any atom is -0.304 e. The first kappa shape index (κ1) is 5.44. The van der Waals surface area contributed by atoms with Gasteiger partial charge in [0.25, 0.3) is 0 Å². The average molecular weight is 110 g/mol. The Morgan fingerprint density at radius 3 is 1.60 bits per heavy atom. The van der Waals surface area contributed by atoms with Gasteiger partial charge >= 0.3 is 15.2 Å². The van der Waals surface area contributed by atoms with Gasteiger partial charge in [0.05, 0.1) is 0 Å². The summed E-state index contributed by atoms with van der Waals surface area (Å²) in [6.45, 7) is 0. The molecule has 30 valence electrons. The van der Waals surface area contributed by atoms with Crippen molar-refractivity contribution in [3.63, 3.8) is 0 Å². The molecule has 0 unspecified atom stereocenters. The van der Waals surface area contributed by atoms with Crippen molar-refractivity contribution in [1.82, 2.24) is 0 Å². The predicted octanol–water partition coefficient (Wildman–Crippen LogP) is -1.58. The molecule has 0 aromatic rings. The summed E-state index contributed by atoms with van der Waals surface area (Å²) in [5, 5.41) is 0. The van der Waals surface area contributed by atoms with E-state index in [1.807, 2.05) is 0 Å². The van der Waals surface area contributed by atoms with Crippen molar-refractivity contribution in [3.05, 3.63) is 0 Å². The molecule has 1 N–H and O–H groups in total. The average Bonchev–Trinajstić information content (AvgIpc) is 0.722. The molecule has 5 heteroatoms. The van der Waals surface area contributed by atoms with E-state index in [1.54, 1.807) is 0 Å². The van der Waals surface area contributed by atoms with E-state index in [0.29, 0.717) is 0 Å². The summed E-state index contributed by atoms with van der Waals surface area (Å²) in [5.41, 5.74) is 0. The molecule has 0 saturated carbocycles. The molecule has 0 spiro atoms. The summed E-state index contributed by atoms with van der Waals surface area (Å²) in [5.74, 6) is 0. The van der Waals surface area contributed by atoms with Crippen LogP contribution < -0.4 is 0 Å². The van der Waals surface area contributed by atoms with Crippen LogP contribution in [-0.4, -0.2) is 28.1 Å². The van der Waals surface area contributed by atoms with E-state index in [-0.39, 0.29) is 15.2 Å². The van der Waals surface area contributed by atoms with Crippen LogP contribution >= 0.6 is 0 Å². The Bertz CT molecular complexity index is 90.1. The Labute approximate surface area is 37.2 Å². The Morgan fingerprint density at radius 1 is 1.60 bits per heavy atom. The SMILES string of the molecule is O=[S](=O)(O)[AlH2]. The maximum atomic E-state index is 9.25. The normalized spacial score (nSPS) is 11.4. The Kier molecular flexibility index (Phi) is 1.38. The second kappa shape index (κ2) is 1.27. The lowest BCUT2D eigenvalue weighted by molar-refractivity contribution is 0.501. The molecular weight excluding hydrogens is 107 g/mol. The van der Waals surface area contributed by atoms with E-state index < -0.39 is 8.48 Å². The third-order valence-electron chi connectivity index (χ3n) is 0. The lowest BCUT2D eigenvalue weighted by Crippen LogP contribution is -1.91. The molecular formula is H3AlO3S. The predicted molar refractivity (Wildman–Crippen MR) is 20.1 cm³/mol. The summed E-state index contributed by atoms with van der Waals surface area (Å²) >= 11 is -0.164. The van der Waals surface area contributed by atoms with Crippen LogP contribution in [0.1, 0.15) is 0 Å². The van der Waals surface area contributed by atoms with Gasteiger partial charge < -0.3 is 4.55 Å². The first-order chi connectivity index (χ1) is 2.00. The molecule has 0 atom stereocenters. The first-order valence-corrected chi connectivity index (χ1v) is 5.22. The summed E-state index contributed by atoms with van der Waals surface area (Å²) in [7, 11) is -3.53. The van der Waals surface area contributed by atoms with Crippen molar-refractivity contribution in [3.8, 4) is 0 Å². The van der Waals surface area contributed by atoms with Crippen LogP contribution in [0.5, 0.6) is 0 Å². The Morgan fingerprint density at radius 2 is 1.60 bits per heavy atom. The standard InChI is InChI=1S/Al.HO3S.2H/c;1-4(2)3;;/h;(H,1,2,3);;. The zero-order chi connectivity index (χ0) is 4.50. The van der Waals surface area contributed by atoms with E-state index in [9.17, 15) is 8.42 Å². The maximum absolute atomic E-state index is 9.25.